The van der Waals surface area contributed by atoms with E-state index in [1.165, 1.54) is 19.3 Å². The Kier molecular flexibility index (Phi) is 5.05. The van der Waals surface area contributed by atoms with Crippen LogP contribution in [0.1, 0.15) is 44.9 Å². The van der Waals surface area contributed by atoms with Crippen molar-refractivity contribution in [2.45, 2.75) is 57.0 Å². The van der Waals surface area contributed by atoms with Crippen LogP contribution in [0, 0.1) is 11.8 Å². The monoisotopic (exact) mass is 349 g/mol. The van der Waals surface area contributed by atoms with Gasteiger partial charge in [-0.05, 0) is 63.3 Å². The van der Waals surface area contributed by atoms with Gasteiger partial charge in [0.2, 0.25) is 0 Å². The van der Waals surface area contributed by atoms with Gasteiger partial charge in [0.1, 0.15) is 0 Å². The van der Waals surface area contributed by atoms with Crippen molar-refractivity contribution in [3.63, 3.8) is 0 Å². The summed E-state index contributed by atoms with van der Waals surface area (Å²) in [6.07, 6.45) is 8.07. The number of fused-ring (bicyclic) bond motifs is 2. The normalized spacial score (nSPS) is 34.0. The minimum Gasteiger partial charge on any atom is -0.314 e. The Hall–Kier alpha value is 0.120. The topological polar surface area (TPSA) is 52.7 Å². The smallest absolute Gasteiger partial charge is 0.282 e. The van der Waals surface area contributed by atoms with Gasteiger partial charge >= 0.3 is 0 Å². The number of nitrogens with one attached hydrogen (secondary N) is 1. The van der Waals surface area contributed by atoms with Crippen molar-refractivity contribution in [1.82, 2.24) is 13.9 Å². The molecule has 0 radical (unpaired) electrons. The fraction of sp³-hybridized carbons (Fsp3) is 1.00. The SMILES string of the molecule is Cl.O=S(=O)(N1CCC(NCC2CC2)CC1)N1CC2CCC1C2. The van der Waals surface area contributed by atoms with E-state index >= 15 is 0 Å². The minimum atomic E-state index is -3.20. The van der Waals surface area contributed by atoms with Crippen LogP contribution in [0.5, 0.6) is 0 Å². The molecule has 0 spiro atoms. The van der Waals surface area contributed by atoms with Gasteiger partial charge in [0.15, 0.2) is 0 Å². The van der Waals surface area contributed by atoms with Crippen LogP contribution in [0.4, 0.5) is 0 Å². The summed E-state index contributed by atoms with van der Waals surface area (Å²) in [5, 5.41) is 3.62. The van der Waals surface area contributed by atoms with Crippen LogP contribution in [0.15, 0.2) is 0 Å². The fourth-order valence-electron chi connectivity index (χ4n) is 4.26. The number of hydrogen-bond donors (Lipinski definition) is 1. The summed E-state index contributed by atoms with van der Waals surface area (Å²) in [5.41, 5.74) is 0. The first-order chi connectivity index (χ1) is 10.1. The molecule has 0 aromatic carbocycles. The zero-order chi connectivity index (χ0) is 14.4. The molecular formula is C15H28ClN3O2S. The van der Waals surface area contributed by atoms with Crippen LogP contribution in [-0.2, 0) is 10.2 Å². The van der Waals surface area contributed by atoms with Gasteiger partial charge < -0.3 is 5.32 Å². The summed E-state index contributed by atoms with van der Waals surface area (Å²) in [6.45, 7) is 3.29. The first kappa shape index (κ1) is 17.0. The molecule has 2 unspecified atom stereocenters. The standard InChI is InChI=1S/C15H27N3O2S.ClH/c19-21(20,18-11-13-3-4-15(18)9-13)17-7-5-14(6-8-17)16-10-12-1-2-12;/h12-16H,1-11H2;1H. The fourth-order valence-corrected chi connectivity index (χ4v) is 6.19. The van der Waals surface area contributed by atoms with Crippen LogP contribution < -0.4 is 5.32 Å². The molecule has 128 valence electrons. The molecule has 0 amide bonds. The van der Waals surface area contributed by atoms with Crippen LogP contribution in [-0.4, -0.2) is 55.3 Å². The average Bonchev–Trinajstić information content (AvgIpc) is 3.07. The van der Waals surface area contributed by atoms with Gasteiger partial charge in [-0.1, -0.05) is 0 Å². The van der Waals surface area contributed by atoms with Gasteiger partial charge in [0.25, 0.3) is 10.2 Å². The average molecular weight is 350 g/mol. The second-order valence-corrected chi connectivity index (χ2v) is 9.32. The van der Waals surface area contributed by atoms with Crippen molar-refractivity contribution < 1.29 is 8.42 Å². The molecule has 2 saturated heterocycles. The van der Waals surface area contributed by atoms with Crippen LogP contribution in [0.2, 0.25) is 0 Å². The molecule has 5 nitrogen and oxygen atoms in total. The largest absolute Gasteiger partial charge is 0.314 e. The van der Waals surface area contributed by atoms with E-state index in [9.17, 15) is 8.42 Å². The lowest BCUT2D eigenvalue weighted by Gasteiger charge is -2.36. The highest BCUT2D eigenvalue weighted by Gasteiger charge is 2.46. The third-order valence-electron chi connectivity index (χ3n) is 5.83. The predicted molar refractivity (Wildman–Crippen MR) is 89.3 cm³/mol. The van der Waals surface area contributed by atoms with Crippen LogP contribution in [0.25, 0.3) is 0 Å². The zero-order valence-corrected chi connectivity index (χ0v) is 14.7. The maximum absolute atomic E-state index is 12.8. The minimum absolute atomic E-state index is 0. The molecule has 4 fully saturated rings. The molecular weight excluding hydrogens is 322 g/mol. The second-order valence-electron chi connectivity index (χ2n) is 7.44. The van der Waals surface area contributed by atoms with Crippen LogP contribution >= 0.6 is 12.4 Å². The molecule has 4 aliphatic rings. The molecule has 7 heteroatoms. The van der Waals surface area contributed by atoms with Crippen molar-refractivity contribution in [2.24, 2.45) is 11.8 Å². The predicted octanol–water partition coefficient (Wildman–Crippen LogP) is 1.60. The van der Waals surface area contributed by atoms with E-state index in [2.05, 4.69) is 5.32 Å². The Morgan fingerprint density at radius 1 is 1.00 bits per heavy atom. The van der Waals surface area contributed by atoms with Crippen molar-refractivity contribution in [3.8, 4) is 0 Å². The van der Waals surface area contributed by atoms with Gasteiger partial charge in [-0.25, -0.2) is 0 Å². The van der Waals surface area contributed by atoms with E-state index < -0.39 is 10.2 Å². The molecule has 2 aliphatic carbocycles. The van der Waals surface area contributed by atoms with Gasteiger partial charge in [0, 0.05) is 31.7 Å². The molecule has 4 rings (SSSR count). The zero-order valence-electron chi connectivity index (χ0n) is 13.1. The summed E-state index contributed by atoms with van der Waals surface area (Å²) < 4.78 is 29.1. The van der Waals surface area contributed by atoms with Gasteiger partial charge in [-0.3, -0.25) is 0 Å². The summed E-state index contributed by atoms with van der Waals surface area (Å²) in [7, 11) is -3.20. The maximum Gasteiger partial charge on any atom is 0.282 e. The molecule has 2 bridgehead atoms. The van der Waals surface area contributed by atoms with Crippen molar-refractivity contribution >= 4 is 22.6 Å². The summed E-state index contributed by atoms with van der Waals surface area (Å²) in [5.74, 6) is 1.52. The Balaban J connectivity index is 0.00000144. The Labute approximate surface area is 140 Å². The number of rotatable bonds is 5. The maximum atomic E-state index is 12.8. The van der Waals surface area contributed by atoms with Crippen molar-refractivity contribution in [3.05, 3.63) is 0 Å². The number of nitrogens with zero attached hydrogens (tertiary/aromatic N) is 2. The first-order valence-corrected chi connectivity index (χ1v) is 10.0. The molecule has 1 N–H and O–H groups in total. The van der Waals surface area contributed by atoms with E-state index in [4.69, 9.17) is 0 Å². The quantitative estimate of drug-likeness (QED) is 0.820. The van der Waals surface area contributed by atoms with E-state index in [1.54, 1.807) is 8.61 Å². The molecule has 0 aromatic heterocycles. The van der Waals surface area contributed by atoms with E-state index in [0.29, 0.717) is 31.1 Å². The lowest BCUT2D eigenvalue weighted by atomic mass is 10.1. The molecule has 22 heavy (non-hydrogen) atoms. The van der Waals surface area contributed by atoms with Crippen molar-refractivity contribution in [2.75, 3.05) is 26.2 Å². The van der Waals surface area contributed by atoms with Crippen molar-refractivity contribution in [1.29, 1.82) is 0 Å². The molecule has 2 atom stereocenters. The molecule has 0 aromatic rings. The van der Waals surface area contributed by atoms with Gasteiger partial charge in [-0.2, -0.15) is 17.0 Å². The number of hydrogen-bond acceptors (Lipinski definition) is 3. The van der Waals surface area contributed by atoms with Crippen LogP contribution in [0.3, 0.4) is 0 Å². The van der Waals surface area contributed by atoms with Gasteiger partial charge in [0.05, 0.1) is 0 Å². The number of halogens is 1. The summed E-state index contributed by atoms with van der Waals surface area (Å²) >= 11 is 0. The van der Waals surface area contributed by atoms with E-state index in [0.717, 1.165) is 44.7 Å². The molecule has 2 heterocycles. The lowest BCUT2D eigenvalue weighted by molar-refractivity contribution is 0.250. The van der Waals surface area contributed by atoms with E-state index in [-0.39, 0.29) is 12.4 Å². The highest BCUT2D eigenvalue weighted by atomic mass is 35.5. The third-order valence-corrected chi connectivity index (χ3v) is 7.89. The Morgan fingerprint density at radius 2 is 1.73 bits per heavy atom. The Morgan fingerprint density at radius 3 is 2.27 bits per heavy atom. The van der Waals surface area contributed by atoms with E-state index in [1.807, 2.05) is 0 Å². The molecule has 2 aliphatic heterocycles. The highest BCUT2D eigenvalue weighted by Crippen LogP contribution is 2.40. The Bertz CT molecular complexity index is 489. The van der Waals surface area contributed by atoms with Gasteiger partial charge in [-0.15, -0.1) is 12.4 Å². The number of piperidine rings is 2. The molecule has 2 saturated carbocycles. The first-order valence-electron chi connectivity index (χ1n) is 8.63. The second kappa shape index (κ2) is 6.55. The summed E-state index contributed by atoms with van der Waals surface area (Å²) in [4.78, 5) is 0. The summed E-state index contributed by atoms with van der Waals surface area (Å²) in [6, 6.07) is 0.817. The lowest BCUT2D eigenvalue weighted by Crippen LogP contribution is -2.52. The highest BCUT2D eigenvalue weighted by molar-refractivity contribution is 7.86. The third kappa shape index (κ3) is 3.31.